The zero-order valence-electron chi connectivity index (χ0n) is 9.81. The normalized spacial score (nSPS) is 14.1. The quantitative estimate of drug-likeness (QED) is 0.850. The topological polar surface area (TPSA) is 72.5 Å². The van der Waals surface area contributed by atoms with Gasteiger partial charge in [0.25, 0.3) is 0 Å². The first kappa shape index (κ1) is 13.8. The van der Waals surface area contributed by atoms with Crippen LogP contribution in [-0.4, -0.2) is 18.2 Å². The van der Waals surface area contributed by atoms with Crippen LogP contribution in [0.4, 0.5) is 0 Å². The van der Waals surface area contributed by atoms with E-state index >= 15 is 0 Å². The standard InChI is InChI=1S/C12H16ClNO3/c1-7(12(15)16)5-11(14)9-4-3-8(17-2)6-10(9)13/h3-4,6-7,11H,5,14H2,1-2H3,(H,15,16). The first-order chi connectivity index (χ1) is 7.95. The third-order valence-electron chi connectivity index (χ3n) is 2.64. The number of ether oxygens (including phenoxy) is 1. The maximum Gasteiger partial charge on any atom is 0.306 e. The molecule has 4 nitrogen and oxygen atoms in total. The van der Waals surface area contributed by atoms with E-state index in [2.05, 4.69) is 0 Å². The second kappa shape index (κ2) is 5.89. The van der Waals surface area contributed by atoms with Crippen molar-refractivity contribution in [2.45, 2.75) is 19.4 Å². The average molecular weight is 258 g/mol. The monoisotopic (exact) mass is 257 g/mol. The Labute approximate surface area is 105 Å². The first-order valence-corrected chi connectivity index (χ1v) is 5.65. The van der Waals surface area contributed by atoms with Crippen LogP contribution >= 0.6 is 11.6 Å². The summed E-state index contributed by atoms with van der Waals surface area (Å²) < 4.78 is 5.03. The molecule has 2 atom stereocenters. The average Bonchev–Trinajstić information content (AvgIpc) is 2.28. The largest absolute Gasteiger partial charge is 0.497 e. The summed E-state index contributed by atoms with van der Waals surface area (Å²) in [5.74, 6) is -0.703. The number of aliphatic carboxylic acids is 1. The Hall–Kier alpha value is -1.26. The highest BCUT2D eigenvalue weighted by Gasteiger charge is 2.18. The van der Waals surface area contributed by atoms with Gasteiger partial charge < -0.3 is 15.6 Å². The van der Waals surface area contributed by atoms with Gasteiger partial charge in [-0.2, -0.15) is 0 Å². The molecule has 0 spiro atoms. The summed E-state index contributed by atoms with van der Waals surface area (Å²) in [6, 6.07) is 4.80. The lowest BCUT2D eigenvalue weighted by molar-refractivity contribution is -0.141. The van der Waals surface area contributed by atoms with Crippen LogP contribution in [-0.2, 0) is 4.79 Å². The van der Waals surface area contributed by atoms with Crippen molar-refractivity contribution >= 4 is 17.6 Å². The van der Waals surface area contributed by atoms with Gasteiger partial charge in [-0.25, -0.2) is 0 Å². The van der Waals surface area contributed by atoms with Gasteiger partial charge in [0, 0.05) is 11.1 Å². The molecular formula is C12H16ClNO3. The summed E-state index contributed by atoms with van der Waals surface area (Å²) in [4.78, 5) is 10.7. The molecule has 0 radical (unpaired) electrons. The molecule has 0 aliphatic rings. The summed E-state index contributed by atoms with van der Waals surface area (Å²) in [5, 5.41) is 9.32. The summed E-state index contributed by atoms with van der Waals surface area (Å²) in [5.41, 5.74) is 6.67. The molecule has 1 aromatic carbocycles. The highest BCUT2D eigenvalue weighted by Crippen LogP contribution is 2.29. The molecule has 17 heavy (non-hydrogen) atoms. The molecule has 0 aliphatic carbocycles. The number of carbonyl (C=O) groups is 1. The number of hydrogen-bond donors (Lipinski definition) is 2. The molecule has 0 heterocycles. The van der Waals surface area contributed by atoms with E-state index in [1.54, 1.807) is 32.2 Å². The number of benzene rings is 1. The van der Waals surface area contributed by atoms with E-state index in [1.807, 2.05) is 0 Å². The van der Waals surface area contributed by atoms with E-state index in [9.17, 15) is 4.79 Å². The maximum absolute atomic E-state index is 10.7. The SMILES string of the molecule is COc1ccc(C(N)CC(C)C(=O)O)c(Cl)c1. The Bertz CT molecular complexity index is 409. The van der Waals surface area contributed by atoms with Crippen LogP contribution in [0.3, 0.4) is 0 Å². The van der Waals surface area contributed by atoms with E-state index in [4.69, 9.17) is 27.2 Å². The number of hydrogen-bond acceptors (Lipinski definition) is 3. The third-order valence-corrected chi connectivity index (χ3v) is 2.96. The zero-order valence-corrected chi connectivity index (χ0v) is 10.6. The van der Waals surface area contributed by atoms with Gasteiger partial charge in [-0.1, -0.05) is 24.6 Å². The third kappa shape index (κ3) is 3.61. The fourth-order valence-corrected chi connectivity index (χ4v) is 1.85. The van der Waals surface area contributed by atoms with Crippen molar-refractivity contribution in [1.82, 2.24) is 0 Å². The predicted octanol–water partition coefficient (Wildman–Crippen LogP) is 2.46. The molecule has 5 heteroatoms. The lowest BCUT2D eigenvalue weighted by Gasteiger charge is -2.16. The molecule has 94 valence electrons. The fourth-order valence-electron chi connectivity index (χ4n) is 1.54. The summed E-state index contributed by atoms with van der Waals surface area (Å²) in [7, 11) is 1.55. The van der Waals surface area contributed by atoms with Gasteiger partial charge in [0.1, 0.15) is 5.75 Å². The number of carboxylic acid groups (broad SMARTS) is 1. The molecule has 0 fully saturated rings. The minimum absolute atomic E-state index is 0.349. The van der Waals surface area contributed by atoms with Crippen LogP contribution in [0.1, 0.15) is 24.9 Å². The highest BCUT2D eigenvalue weighted by molar-refractivity contribution is 6.31. The Balaban J connectivity index is 2.82. The van der Waals surface area contributed by atoms with Crippen molar-refractivity contribution < 1.29 is 14.6 Å². The molecule has 0 aromatic heterocycles. The van der Waals surface area contributed by atoms with Crippen molar-refractivity contribution in [3.05, 3.63) is 28.8 Å². The molecule has 0 amide bonds. The van der Waals surface area contributed by atoms with Gasteiger partial charge in [-0.05, 0) is 24.1 Å². The zero-order chi connectivity index (χ0) is 13.0. The van der Waals surface area contributed by atoms with Crippen LogP contribution in [0, 0.1) is 5.92 Å². The number of carboxylic acids is 1. The lowest BCUT2D eigenvalue weighted by atomic mass is 9.96. The van der Waals surface area contributed by atoms with Crippen LogP contribution in [0.25, 0.3) is 0 Å². The molecule has 2 unspecified atom stereocenters. The van der Waals surface area contributed by atoms with Crippen LogP contribution in [0.5, 0.6) is 5.75 Å². The van der Waals surface area contributed by atoms with Gasteiger partial charge in [0.2, 0.25) is 0 Å². The van der Waals surface area contributed by atoms with E-state index < -0.39 is 11.9 Å². The molecule has 3 N–H and O–H groups in total. The van der Waals surface area contributed by atoms with Gasteiger partial charge in [0.05, 0.1) is 13.0 Å². The number of halogens is 1. The molecule has 0 saturated heterocycles. The van der Waals surface area contributed by atoms with Crippen LogP contribution in [0.2, 0.25) is 5.02 Å². The van der Waals surface area contributed by atoms with Crippen LogP contribution in [0.15, 0.2) is 18.2 Å². The summed E-state index contributed by atoms with van der Waals surface area (Å²) in [6.07, 6.45) is 0.349. The minimum atomic E-state index is -0.856. The maximum atomic E-state index is 10.7. The predicted molar refractivity (Wildman–Crippen MR) is 66.3 cm³/mol. The molecule has 0 aliphatic heterocycles. The highest BCUT2D eigenvalue weighted by atomic mass is 35.5. The van der Waals surface area contributed by atoms with Crippen molar-refractivity contribution in [2.75, 3.05) is 7.11 Å². The second-order valence-corrected chi connectivity index (χ2v) is 4.38. The van der Waals surface area contributed by atoms with E-state index in [0.29, 0.717) is 17.2 Å². The Morgan fingerprint density at radius 2 is 2.24 bits per heavy atom. The van der Waals surface area contributed by atoms with Crippen molar-refractivity contribution in [2.24, 2.45) is 11.7 Å². The van der Waals surface area contributed by atoms with Crippen molar-refractivity contribution in [1.29, 1.82) is 0 Å². The molecular weight excluding hydrogens is 242 g/mol. The number of methoxy groups -OCH3 is 1. The van der Waals surface area contributed by atoms with Crippen molar-refractivity contribution in [3.8, 4) is 5.75 Å². The fraction of sp³-hybridized carbons (Fsp3) is 0.417. The molecule has 1 rings (SSSR count). The van der Waals surface area contributed by atoms with Gasteiger partial charge in [-0.15, -0.1) is 0 Å². The lowest BCUT2D eigenvalue weighted by Crippen LogP contribution is -2.19. The van der Waals surface area contributed by atoms with Gasteiger partial charge in [-0.3, -0.25) is 4.79 Å². The number of nitrogens with two attached hydrogens (primary N) is 1. The Morgan fingerprint density at radius 3 is 2.71 bits per heavy atom. The minimum Gasteiger partial charge on any atom is -0.497 e. The second-order valence-electron chi connectivity index (χ2n) is 3.97. The Kier molecular flexibility index (Phi) is 4.78. The summed E-state index contributed by atoms with van der Waals surface area (Å²) in [6.45, 7) is 1.62. The van der Waals surface area contributed by atoms with E-state index in [-0.39, 0.29) is 6.04 Å². The van der Waals surface area contributed by atoms with Crippen molar-refractivity contribution in [3.63, 3.8) is 0 Å². The van der Waals surface area contributed by atoms with E-state index in [1.165, 1.54) is 0 Å². The molecule has 0 saturated carbocycles. The smallest absolute Gasteiger partial charge is 0.306 e. The van der Waals surface area contributed by atoms with Gasteiger partial charge in [0.15, 0.2) is 0 Å². The molecule has 1 aromatic rings. The van der Waals surface area contributed by atoms with E-state index in [0.717, 1.165) is 5.56 Å². The summed E-state index contributed by atoms with van der Waals surface area (Å²) >= 11 is 6.06. The number of rotatable bonds is 5. The Morgan fingerprint density at radius 1 is 1.59 bits per heavy atom. The first-order valence-electron chi connectivity index (χ1n) is 5.27. The van der Waals surface area contributed by atoms with Crippen LogP contribution < -0.4 is 10.5 Å². The molecule has 0 bridgehead atoms. The van der Waals surface area contributed by atoms with Gasteiger partial charge >= 0.3 is 5.97 Å².